The van der Waals surface area contributed by atoms with Gasteiger partial charge in [0, 0.05) is 30.6 Å². The zero-order valence-corrected chi connectivity index (χ0v) is 14.0. The zero-order chi connectivity index (χ0) is 16.9. The van der Waals surface area contributed by atoms with Gasteiger partial charge in [-0.15, -0.1) is 0 Å². The molecule has 24 heavy (non-hydrogen) atoms. The molecule has 0 atom stereocenters. The van der Waals surface area contributed by atoms with E-state index in [1.54, 1.807) is 6.07 Å². The Kier molecular flexibility index (Phi) is 5.48. The van der Waals surface area contributed by atoms with Crippen LogP contribution in [0.25, 0.3) is 0 Å². The molecule has 0 unspecified atom stereocenters. The molecule has 0 bridgehead atoms. The van der Waals surface area contributed by atoms with Crippen molar-refractivity contribution in [2.45, 2.75) is 51.0 Å². The molecule has 2 aliphatic rings. The molecule has 3 rings (SSSR count). The number of nitrogens with zero attached hydrogens (tertiary/aromatic N) is 1. The van der Waals surface area contributed by atoms with E-state index in [0.717, 1.165) is 38.5 Å². The molecule has 0 aromatic heterocycles. The van der Waals surface area contributed by atoms with Crippen molar-refractivity contribution in [2.75, 3.05) is 13.1 Å². The Bertz CT molecular complexity index is 591. The number of amides is 2. The quantitative estimate of drug-likeness (QED) is 0.924. The lowest BCUT2D eigenvalue weighted by molar-refractivity contribution is -0.137. The number of carbonyl (C=O) groups is 2. The van der Waals surface area contributed by atoms with Gasteiger partial charge in [0.2, 0.25) is 5.91 Å². The third kappa shape index (κ3) is 4.13. The monoisotopic (exact) mass is 332 g/mol. The second-order valence-electron chi connectivity index (χ2n) is 6.92. The fourth-order valence-corrected chi connectivity index (χ4v) is 3.75. The van der Waals surface area contributed by atoms with Crippen LogP contribution < -0.4 is 5.32 Å². The van der Waals surface area contributed by atoms with Crippen LogP contribution in [0.2, 0.25) is 0 Å². The number of likely N-dealkylation sites (tertiary alicyclic amines) is 1. The van der Waals surface area contributed by atoms with Crippen molar-refractivity contribution < 1.29 is 14.0 Å². The molecule has 1 saturated carbocycles. The minimum atomic E-state index is -0.407. The van der Waals surface area contributed by atoms with Gasteiger partial charge in [0.05, 0.1) is 0 Å². The standard InChI is InChI=1S/C19H25FN2O2/c20-16-8-4-7-15(13-16)18(23)21-17-9-11-22(12-10-17)19(24)14-5-2-1-3-6-14/h4,7-8,13-14,17H,1-3,5-6,9-12H2,(H,21,23). The van der Waals surface area contributed by atoms with Crippen molar-refractivity contribution in [3.05, 3.63) is 35.6 Å². The first-order valence-corrected chi connectivity index (χ1v) is 8.99. The average Bonchev–Trinajstić information content (AvgIpc) is 2.62. The molecule has 0 radical (unpaired) electrons. The molecule has 1 aromatic rings. The zero-order valence-electron chi connectivity index (χ0n) is 14.0. The summed E-state index contributed by atoms with van der Waals surface area (Å²) < 4.78 is 13.2. The minimum Gasteiger partial charge on any atom is -0.349 e. The normalized spacial score (nSPS) is 20.0. The summed E-state index contributed by atoms with van der Waals surface area (Å²) in [6.07, 6.45) is 7.15. The van der Waals surface area contributed by atoms with E-state index in [4.69, 9.17) is 0 Å². The molecule has 1 aromatic carbocycles. The molecular weight excluding hydrogens is 307 g/mol. The van der Waals surface area contributed by atoms with Gasteiger partial charge >= 0.3 is 0 Å². The van der Waals surface area contributed by atoms with Crippen molar-refractivity contribution in [3.8, 4) is 0 Å². The number of carbonyl (C=O) groups excluding carboxylic acids is 2. The fraction of sp³-hybridized carbons (Fsp3) is 0.579. The van der Waals surface area contributed by atoms with Crippen LogP contribution in [0.1, 0.15) is 55.3 Å². The average molecular weight is 332 g/mol. The van der Waals surface area contributed by atoms with Gasteiger partial charge in [-0.05, 0) is 43.9 Å². The third-order valence-corrected chi connectivity index (χ3v) is 5.18. The number of rotatable bonds is 3. The summed E-state index contributed by atoms with van der Waals surface area (Å²) in [5.74, 6) is -0.149. The number of piperidine rings is 1. The van der Waals surface area contributed by atoms with Gasteiger partial charge < -0.3 is 10.2 Å². The minimum absolute atomic E-state index is 0.0520. The van der Waals surface area contributed by atoms with Crippen molar-refractivity contribution in [2.24, 2.45) is 5.92 Å². The summed E-state index contributed by atoms with van der Waals surface area (Å²) in [7, 11) is 0. The Hall–Kier alpha value is -1.91. The predicted molar refractivity (Wildman–Crippen MR) is 90.0 cm³/mol. The maximum absolute atomic E-state index is 13.2. The molecule has 1 saturated heterocycles. The molecule has 2 fully saturated rings. The summed E-state index contributed by atoms with van der Waals surface area (Å²) in [5.41, 5.74) is 0.343. The van der Waals surface area contributed by atoms with Gasteiger partial charge in [-0.2, -0.15) is 0 Å². The molecule has 1 N–H and O–H groups in total. The van der Waals surface area contributed by atoms with E-state index in [2.05, 4.69) is 5.32 Å². The van der Waals surface area contributed by atoms with Crippen LogP contribution in [0.4, 0.5) is 4.39 Å². The Morgan fingerprint density at radius 3 is 2.42 bits per heavy atom. The highest BCUT2D eigenvalue weighted by Gasteiger charge is 2.29. The van der Waals surface area contributed by atoms with E-state index < -0.39 is 5.82 Å². The van der Waals surface area contributed by atoms with E-state index in [-0.39, 0.29) is 17.9 Å². The maximum atomic E-state index is 13.2. The second-order valence-corrected chi connectivity index (χ2v) is 6.92. The van der Waals surface area contributed by atoms with E-state index in [9.17, 15) is 14.0 Å². The number of benzene rings is 1. The van der Waals surface area contributed by atoms with Crippen LogP contribution in [0, 0.1) is 11.7 Å². The molecule has 130 valence electrons. The van der Waals surface area contributed by atoms with Crippen molar-refractivity contribution in [1.29, 1.82) is 0 Å². The summed E-state index contributed by atoms with van der Waals surface area (Å²) >= 11 is 0. The van der Waals surface area contributed by atoms with Crippen LogP contribution in [0.5, 0.6) is 0 Å². The van der Waals surface area contributed by atoms with Gasteiger partial charge in [0.15, 0.2) is 0 Å². The van der Waals surface area contributed by atoms with Crippen LogP contribution >= 0.6 is 0 Å². The lowest BCUT2D eigenvalue weighted by atomic mass is 9.87. The van der Waals surface area contributed by atoms with E-state index in [0.29, 0.717) is 24.6 Å². The SMILES string of the molecule is O=C(NC1CCN(C(=O)C2CCCCC2)CC1)c1cccc(F)c1. The van der Waals surface area contributed by atoms with E-state index >= 15 is 0 Å². The van der Waals surface area contributed by atoms with Gasteiger partial charge in [-0.3, -0.25) is 9.59 Å². The highest BCUT2D eigenvalue weighted by atomic mass is 19.1. The highest BCUT2D eigenvalue weighted by Crippen LogP contribution is 2.26. The summed E-state index contributed by atoms with van der Waals surface area (Å²) in [5, 5.41) is 2.96. The topological polar surface area (TPSA) is 49.4 Å². The van der Waals surface area contributed by atoms with Crippen molar-refractivity contribution >= 4 is 11.8 Å². The predicted octanol–water partition coefficient (Wildman–Crippen LogP) is 3.13. The number of nitrogens with one attached hydrogen (secondary N) is 1. The van der Waals surface area contributed by atoms with Crippen LogP contribution in [0.3, 0.4) is 0 Å². The third-order valence-electron chi connectivity index (χ3n) is 5.18. The summed E-state index contributed by atoms with van der Waals surface area (Å²) in [4.78, 5) is 26.7. The van der Waals surface area contributed by atoms with Crippen molar-refractivity contribution in [1.82, 2.24) is 10.2 Å². The molecule has 1 aliphatic carbocycles. The number of hydrogen-bond acceptors (Lipinski definition) is 2. The summed E-state index contributed by atoms with van der Waals surface area (Å²) in [6.45, 7) is 1.40. The van der Waals surface area contributed by atoms with E-state index in [1.807, 2.05) is 4.90 Å². The smallest absolute Gasteiger partial charge is 0.251 e. The Morgan fingerprint density at radius 1 is 1.04 bits per heavy atom. The maximum Gasteiger partial charge on any atom is 0.251 e. The first-order valence-electron chi connectivity index (χ1n) is 8.99. The molecular formula is C19H25FN2O2. The fourth-order valence-electron chi connectivity index (χ4n) is 3.75. The largest absolute Gasteiger partial charge is 0.349 e. The first-order chi connectivity index (χ1) is 11.6. The van der Waals surface area contributed by atoms with Crippen LogP contribution in [-0.2, 0) is 4.79 Å². The Morgan fingerprint density at radius 2 is 1.75 bits per heavy atom. The molecule has 2 amide bonds. The van der Waals surface area contributed by atoms with Gasteiger partial charge in [-0.25, -0.2) is 4.39 Å². The Balaban J connectivity index is 1.48. The van der Waals surface area contributed by atoms with Crippen LogP contribution in [0.15, 0.2) is 24.3 Å². The molecule has 4 nitrogen and oxygen atoms in total. The van der Waals surface area contributed by atoms with E-state index in [1.165, 1.54) is 24.6 Å². The van der Waals surface area contributed by atoms with Gasteiger partial charge in [0.25, 0.3) is 5.91 Å². The number of halogens is 1. The Labute approximate surface area is 142 Å². The van der Waals surface area contributed by atoms with Crippen molar-refractivity contribution in [3.63, 3.8) is 0 Å². The van der Waals surface area contributed by atoms with Gasteiger partial charge in [-0.1, -0.05) is 25.3 Å². The first kappa shape index (κ1) is 16.9. The molecule has 5 heteroatoms. The lowest BCUT2D eigenvalue weighted by Gasteiger charge is -2.35. The summed E-state index contributed by atoms with van der Waals surface area (Å²) in [6, 6.07) is 5.77. The highest BCUT2D eigenvalue weighted by molar-refractivity contribution is 5.94. The second kappa shape index (κ2) is 7.77. The van der Waals surface area contributed by atoms with Crippen LogP contribution in [-0.4, -0.2) is 35.8 Å². The number of hydrogen-bond donors (Lipinski definition) is 1. The van der Waals surface area contributed by atoms with Gasteiger partial charge in [0.1, 0.15) is 5.82 Å². The molecule has 1 aliphatic heterocycles. The lowest BCUT2D eigenvalue weighted by Crippen LogP contribution is -2.48. The molecule has 0 spiro atoms. The molecule has 1 heterocycles.